The summed E-state index contributed by atoms with van der Waals surface area (Å²) in [4.78, 5) is 25.2. The summed E-state index contributed by atoms with van der Waals surface area (Å²) in [6.07, 6.45) is 5.38. The van der Waals surface area contributed by atoms with Gasteiger partial charge in [-0.25, -0.2) is 4.79 Å². The van der Waals surface area contributed by atoms with Crippen molar-refractivity contribution in [1.29, 1.82) is 0 Å². The Labute approximate surface area is 121 Å². The van der Waals surface area contributed by atoms with E-state index in [0.29, 0.717) is 25.3 Å². The van der Waals surface area contributed by atoms with E-state index in [0.717, 1.165) is 25.7 Å². The van der Waals surface area contributed by atoms with Gasteiger partial charge in [0.15, 0.2) is 0 Å². The van der Waals surface area contributed by atoms with Crippen molar-refractivity contribution in [3.8, 4) is 0 Å². The molecule has 0 radical (unpaired) electrons. The van der Waals surface area contributed by atoms with Crippen LogP contribution in [0.3, 0.4) is 0 Å². The number of hydrogen-bond acceptors (Lipinski definition) is 2. The maximum atomic E-state index is 12.0. The van der Waals surface area contributed by atoms with Crippen LogP contribution in [0.15, 0.2) is 0 Å². The second-order valence-electron chi connectivity index (χ2n) is 6.43. The highest BCUT2D eigenvalue weighted by Gasteiger charge is 2.39. The summed E-state index contributed by atoms with van der Waals surface area (Å²) in [6.45, 7) is 5.01. The van der Waals surface area contributed by atoms with Crippen molar-refractivity contribution >= 4 is 12.0 Å². The summed E-state index contributed by atoms with van der Waals surface area (Å²) in [5.74, 6) is -0.372. The summed E-state index contributed by atoms with van der Waals surface area (Å²) in [7, 11) is 1.75. The summed E-state index contributed by atoms with van der Waals surface area (Å²) in [5.41, 5.74) is -0.773. The third-order valence-corrected chi connectivity index (χ3v) is 4.08. The average molecular weight is 284 g/mol. The molecule has 1 aliphatic carbocycles. The smallest absolute Gasteiger partial charge is 0.317 e. The largest absolute Gasteiger partial charge is 0.481 e. The Morgan fingerprint density at radius 1 is 1.20 bits per heavy atom. The first-order valence-corrected chi connectivity index (χ1v) is 7.60. The van der Waals surface area contributed by atoms with Crippen molar-refractivity contribution in [2.24, 2.45) is 11.3 Å². The lowest BCUT2D eigenvalue weighted by atomic mass is 9.80. The number of amides is 2. The molecule has 0 bridgehead atoms. The molecular formula is C15H28N2O3. The second kappa shape index (κ2) is 7.50. The Morgan fingerprint density at radius 3 is 2.20 bits per heavy atom. The lowest BCUT2D eigenvalue weighted by Crippen LogP contribution is -2.47. The van der Waals surface area contributed by atoms with E-state index in [1.54, 1.807) is 11.9 Å². The van der Waals surface area contributed by atoms with E-state index in [1.807, 2.05) is 13.8 Å². The number of nitrogens with zero attached hydrogens (tertiary/aromatic N) is 1. The normalized spacial score (nSPS) is 18.4. The van der Waals surface area contributed by atoms with Crippen LogP contribution in [0, 0.1) is 11.3 Å². The molecule has 0 aliphatic heterocycles. The van der Waals surface area contributed by atoms with Gasteiger partial charge in [0.2, 0.25) is 0 Å². The second-order valence-corrected chi connectivity index (χ2v) is 6.43. The van der Waals surface area contributed by atoms with Gasteiger partial charge in [0.25, 0.3) is 0 Å². The van der Waals surface area contributed by atoms with Gasteiger partial charge < -0.3 is 15.3 Å². The van der Waals surface area contributed by atoms with Gasteiger partial charge in [-0.1, -0.05) is 39.5 Å². The molecule has 0 saturated heterocycles. The summed E-state index contributed by atoms with van der Waals surface area (Å²) >= 11 is 0. The number of hydrogen-bond donors (Lipinski definition) is 2. The molecule has 5 heteroatoms. The summed E-state index contributed by atoms with van der Waals surface area (Å²) in [5, 5.41) is 12.4. The lowest BCUT2D eigenvalue weighted by molar-refractivity contribution is -0.149. The topological polar surface area (TPSA) is 69.6 Å². The number of carboxylic acids is 1. The van der Waals surface area contributed by atoms with E-state index in [-0.39, 0.29) is 12.6 Å². The summed E-state index contributed by atoms with van der Waals surface area (Å²) < 4.78 is 0. The zero-order valence-corrected chi connectivity index (χ0v) is 12.9. The van der Waals surface area contributed by atoms with Gasteiger partial charge >= 0.3 is 12.0 Å². The molecule has 5 nitrogen and oxygen atoms in total. The van der Waals surface area contributed by atoms with Crippen molar-refractivity contribution in [3.05, 3.63) is 0 Å². The molecule has 116 valence electrons. The third kappa shape index (κ3) is 4.69. The van der Waals surface area contributed by atoms with Crippen molar-refractivity contribution in [2.75, 3.05) is 20.1 Å². The molecule has 0 spiro atoms. The number of urea groups is 1. The van der Waals surface area contributed by atoms with E-state index in [9.17, 15) is 14.7 Å². The molecule has 1 aliphatic rings. The standard InChI is InChI=1S/C15H28N2O3/c1-12(2)10-17(3)14(20)16-11-15(13(18)19)8-6-4-5-7-9-15/h12H,4-11H2,1-3H3,(H,16,20)(H,18,19). The Balaban J connectivity index is 2.58. The molecule has 1 saturated carbocycles. The predicted molar refractivity (Wildman–Crippen MR) is 78.6 cm³/mol. The van der Waals surface area contributed by atoms with Crippen LogP contribution in [0.1, 0.15) is 52.4 Å². The van der Waals surface area contributed by atoms with Crippen LogP contribution < -0.4 is 5.32 Å². The quantitative estimate of drug-likeness (QED) is 0.763. The molecule has 0 aromatic rings. The van der Waals surface area contributed by atoms with E-state index in [2.05, 4.69) is 5.32 Å². The zero-order chi connectivity index (χ0) is 15.2. The summed E-state index contributed by atoms with van der Waals surface area (Å²) in [6, 6.07) is -0.177. The highest BCUT2D eigenvalue weighted by atomic mass is 16.4. The fourth-order valence-electron chi connectivity index (χ4n) is 2.88. The Kier molecular flexibility index (Phi) is 6.30. The van der Waals surface area contributed by atoms with Crippen LogP contribution in [0.25, 0.3) is 0 Å². The zero-order valence-electron chi connectivity index (χ0n) is 12.9. The Hall–Kier alpha value is -1.26. The molecule has 0 aromatic carbocycles. The minimum Gasteiger partial charge on any atom is -0.481 e. The maximum Gasteiger partial charge on any atom is 0.317 e. The Morgan fingerprint density at radius 2 is 1.75 bits per heavy atom. The highest BCUT2D eigenvalue weighted by molar-refractivity contribution is 5.78. The van der Waals surface area contributed by atoms with Crippen LogP contribution in [-0.2, 0) is 4.79 Å². The van der Waals surface area contributed by atoms with Gasteiger partial charge in [0, 0.05) is 20.1 Å². The molecule has 1 rings (SSSR count). The van der Waals surface area contributed by atoms with Gasteiger partial charge in [-0.15, -0.1) is 0 Å². The monoisotopic (exact) mass is 284 g/mol. The number of nitrogens with one attached hydrogen (secondary N) is 1. The molecule has 20 heavy (non-hydrogen) atoms. The van der Waals surface area contributed by atoms with Gasteiger partial charge in [-0.3, -0.25) is 4.79 Å². The highest BCUT2D eigenvalue weighted by Crippen LogP contribution is 2.34. The number of rotatable bonds is 5. The van der Waals surface area contributed by atoms with E-state index in [1.165, 1.54) is 0 Å². The van der Waals surface area contributed by atoms with Crippen molar-refractivity contribution in [2.45, 2.75) is 52.4 Å². The number of aliphatic carboxylic acids is 1. The van der Waals surface area contributed by atoms with Crippen LogP contribution in [0.4, 0.5) is 4.79 Å². The van der Waals surface area contributed by atoms with Crippen LogP contribution in [0.2, 0.25) is 0 Å². The number of carbonyl (C=O) groups excluding carboxylic acids is 1. The lowest BCUT2D eigenvalue weighted by Gasteiger charge is -2.29. The fourth-order valence-corrected chi connectivity index (χ4v) is 2.88. The van der Waals surface area contributed by atoms with Crippen molar-refractivity contribution in [3.63, 3.8) is 0 Å². The SMILES string of the molecule is CC(C)CN(C)C(=O)NCC1(C(=O)O)CCCCCC1. The Bertz CT molecular complexity index is 334. The third-order valence-electron chi connectivity index (χ3n) is 4.08. The van der Waals surface area contributed by atoms with Crippen molar-refractivity contribution in [1.82, 2.24) is 10.2 Å². The molecular weight excluding hydrogens is 256 g/mol. The van der Waals surface area contributed by atoms with E-state index in [4.69, 9.17) is 0 Å². The maximum absolute atomic E-state index is 12.0. The minimum atomic E-state index is -0.773. The first kappa shape index (κ1) is 16.8. The van der Waals surface area contributed by atoms with E-state index >= 15 is 0 Å². The predicted octanol–water partition coefficient (Wildman–Crippen LogP) is 2.71. The molecule has 2 amide bonds. The van der Waals surface area contributed by atoms with Crippen LogP contribution in [-0.4, -0.2) is 42.1 Å². The first-order chi connectivity index (χ1) is 9.37. The number of carboxylic acid groups (broad SMARTS) is 1. The molecule has 0 unspecified atom stereocenters. The van der Waals surface area contributed by atoms with Gasteiger partial charge in [-0.2, -0.15) is 0 Å². The average Bonchev–Trinajstić information content (AvgIpc) is 2.61. The molecule has 2 N–H and O–H groups in total. The molecule has 1 fully saturated rings. The molecule has 0 aromatic heterocycles. The molecule has 0 heterocycles. The number of carbonyl (C=O) groups is 2. The van der Waals surface area contributed by atoms with E-state index < -0.39 is 11.4 Å². The van der Waals surface area contributed by atoms with Crippen molar-refractivity contribution < 1.29 is 14.7 Å². The van der Waals surface area contributed by atoms with Gasteiger partial charge in [-0.05, 0) is 18.8 Å². The van der Waals surface area contributed by atoms with Crippen LogP contribution in [0.5, 0.6) is 0 Å². The van der Waals surface area contributed by atoms with Crippen LogP contribution >= 0.6 is 0 Å². The van der Waals surface area contributed by atoms with Gasteiger partial charge in [0.1, 0.15) is 0 Å². The van der Waals surface area contributed by atoms with Gasteiger partial charge in [0.05, 0.1) is 5.41 Å². The fraction of sp³-hybridized carbons (Fsp3) is 0.867. The molecule has 0 atom stereocenters. The minimum absolute atomic E-state index is 0.177. The first-order valence-electron chi connectivity index (χ1n) is 7.60.